The van der Waals surface area contributed by atoms with Crippen molar-refractivity contribution in [2.45, 2.75) is 6.92 Å². The summed E-state index contributed by atoms with van der Waals surface area (Å²) in [5, 5.41) is 3.69. The molecule has 0 spiro atoms. The van der Waals surface area contributed by atoms with Gasteiger partial charge in [0.15, 0.2) is 11.5 Å². The van der Waals surface area contributed by atoms with Gasteiger partial charge in [-0.3, -0.25) is 4.79 Å². The van der Waals surface area contributed by atoms with E-state index in [9.17, 15) is 4.79 Å². The molecule has 1 aliphatic rings. The molecule has 1 aliphatic heterocycles. The van der Waals surface area contributed by atoms with Crippen LogP contribution in [-0.2, 0) is 0 Å². The van der Waals surface area contributed by atoms with Crippen LogP contribution in [0.15, 0.2) is 29.0 Å². The molecule has 86 valence electrons. The molecule has 0 unspecified atom stereocenters. The van der Waals surface area contributed by atoms with Gasteiger partial charge in [0, 0.05) is 17.8 Å². The Morgan fingerprint density at radius 3 is 2.88 bits per heavy atom. The molecule has 2 aromatic rings. The summed E-state index contributed by atoms with van der Waals surface area (Å²) >= 11 is 1.48. The summed E-state index contributed by atoms with van der Waals surface area (Å²) in [6.07, 6.45) is 0. The molecule has 0 saturated carbocycles. The topological polar surface area (TPSA) is 29.5 Å². The van der Waals surface area contributed by atoms with Crippen molar-refractivity contribution in [3.8, 4) is 11.5 Å². The first-order valence-electron chi connectivity index (χ1n) is 5.30. The highest BCUT2D eigenvalue weighted by atomic mass is 32.1. The number of benzene rings is 1. The number of ether oxygens (including phenoxy) is 1. The smallest absolute Gasteiger partial charge is 0.262 e. The number of amides is 1. The Labute approximate surface area is 103 Å². The number of hydrogen-bond donors (Lipinski definition) is 0. The van der Waals surface area contributed by atoms with Gasteiger partial charge in [0.1, 0.15) is 0 Å². The number of carbonyl (C=O) groups excluding carboxylic acids is 1. The Morgan fingerprint density at radius 1 is 1.24 bits per heavy atom. The third-order valence-electron chi connectivity index (χ3n) is 2.92. The summed E-state index contributed by atoms with van der Waals surface area (Å²) < 4.78 is 5.81. The van der Waals surface area contributed by atoms with Crippen molar-refractivity contribution >= 4 is 22.9 Å². The molecule has 0 bridgehead atoms. The van der Waals surface area contributed by atoms with Crippen LogP contribution in [0.5, 0.6) is 11.5 Å². The number of rotatable bonds is 0. The molecular formula is C13H11NO2S. The Kier molecular flexibility index (Phi) is 2.19. The van der Waals surface area contributed by atoms with Gasteiger partial charge < -0.3 is 9.64 Å². The van der Waals surface area contributed by atoms with Crippen LogP contribution in [0.25, 0.3) is 0 Å². The standard InChI is InChI=1S/C13H11NO2S/c1-8-4-3-5-10-12(8)14(2)13(15)9-6-17-7-11(9)16-10/h3-7H,1-2H3. The summed E-state index contributed by atoms with van der Waals surface area (Å²) in [7, 11) is 1.78. The first kappa shape index (κ1) is 10.4. The minimum Gasteiger partial charge on any atom is -0.453 e. The van der Waals surface area contributed by atoms with Gasteiger partial charge in [-0.2, -0.15) is 0 Å². The number of nitrogens with zero attached hydrogens (tertiary/aromatic N) is 1. The predicted molar refractivity (Wildman–Crippen MR) is 68.3 cm³/mol. The lowest BCUT2D eigenvalue weighted by Crippen LogP contribution is -2.25. The number of hydrogen-bond acceptors (Lipinski definition) is 3. The molecule has 0 radical (unpaired) electrons. The lowest BCUT2D eigenvalue weighted by Gasteiger charge is -2.18. The van der Waals surface area contributed by atoms with Crippen LogP contribution >= 0.6 is 11.3 Å². The molecule has 2 heterocycles. The van der Waals surface area contributed by atoms with E-state index in [0.717, 1.165) is 17.0 Å². The average Bonchev–Trinajstić information content (AvgIpc) is 2.72. The van der Waals surface area contributed by atoms with Crippen LogP contribution in [0, 0.1) is 6.92 Å². The minimum absolute atomic E-state index is 0.0192. The van der Waals surface area contributed by atoms with Crippen molar-refractivity contribution < 1.29 is 9.53 Å². The van der Waals surface area contributed by atoms with Crippen LogP contribution < -0.4 is 9.64 Å². The Balaban J connectivity index is 2.26. The summed E-state index contributed by atoms with van der Waals surface area (Å²) in [5.41, 5.74) is 2.51. The molecule has 0 N–H and O–H groups in total. The average molecular weight is 245 g/mol. The molecule has 3 nitrogen and oxygen atoms in total. The lowest BCUT2D eigenvalue weighted by molar-refractivity contribution is 0.0993. The Bertz CT molecular complexity index is 603. The molecular weight excluding hydrogens is 234 g/mol. The van der Waals surface area contributed by atoms with Crippen molar-refractivity contribution in [2.24, 2.45) is 0 Å². The molecule has 3 rings (SSSR count). The maximum Gasteiger partial charge on any atom is 0.262 e. The van der Waals surface area contributed by atoms with Gasteiger partial charge in [0.25, 0.3) is 5.91 Å². The number of anilines is 1. The zero-order chi connectivity index (χ0) is 12.0. The molecule has 0 aliphatic carbocycles. The van der Waals surface area contributed by atoms with E-state index in [1.165, 1.54) is 11.3 Å². The third-order valence-corrected chi connectivity index (χ3v) is 3.64. The maximum atomic E-state index is 12.3. The number of carbonyl (C=O) groups is 1. The number of thiophene rings is 1. The number of para-hydroxylation sites is 1. The predicted octanol–water partition coefficient (Wildman–Crippen LogP) is 3.44. The highest BCUT2D eigenvalue weighted by Crippen LogP contribution is 2.41. The van der Waals surface area contributed by atoms with Crippen LogP contribution in [0.3, 0.4) is 0 Å². The fourth-order valence-corrected chi connectivity index (χ4v) is 2.78. The Hall–Kier alpha value is -1.81. The normalized spacial score (nSPS) is 13.8. The van der Waals surface area contributed by atoms with Crippen LogP contribution in [0.4, 0.5) is 5.69 Å². The molecule has 1 amide bonds. The number of fused-ring (bicyclic) bond motifs is 2. The van der Waals surface area contributed by atoms with E-state index in [2.05, 4.69) is 0 Å². The first-order valence-corrected chi connectivity index (χ1v) is 6.24. The third kappa shape index (κ3) is 1.45. The van der Waals surface area contributed by atoms with E-state index in [1.807, 2.05) is 35.9 Å². The Morgan fingerprint density at radius 2 is 2.06 bits per heavy atom. The van der Waals surface area contributed by atoms with Gasteiger partial charge in [-0.25, -0.2) is 0 Å². The first-order chi connectivity index (χ1) is 8.18. The van der Waals surface area contributed by atoms with Gasteiger partial charge in [-0.15, -0.1) is 11.3 Å². The van der Waals surface area contributed by atoms with E-state index in [-0.39, 0.29) is 5.91 Å². The second kappa shape index (κ2) is 3.60. The molecule has 0 atom stereocenters. The van der Waals surface area contributed by atoms with Gasteiger partial charge in [-0.1, -0.05) is 12.1 Å². The summed E-state index contributed by atoms with van der Waals surface area (Å²) in [5.74, 6) is 1.36. The van der Waals surface area contributed by atoms with E-state index < -0.39 is 0 Å². The lowest BCUT2D eigenvalue weighted by atomic mass is 10.1. The van der Waals surface area contributed by atoms with Crippen molar-refractivity contribution in [2.75, 3.05) is 11.9 Å². The zero-order valence-corrected chi connectivity index (χ0v) is 10.4. The second-order valence-corrected chi connectivity index (χ2v) is 4.78. The van der Waals surface area contributed by atoms with E-state index in [1.54, 1.807) is 11.9 Å². The van der Waals surface area contributed by atoms with E-state index in [0.29, 0.717) is 11.3 Å². The largest absolute Gasteiger partial charge is 0.453 e. The molecule has 0 saturated heterocycles. The fraction of sp³-hybridized carbons (Fsp3) is 0.154. The molecule has 1 aromatic carbocycles. The molecule has 4 heteroatoms. The van der Waals surface area contributed by atoms with Gasteiger partial charge in [0.2, 0.25) is 0 Å². The van der Waals surface area contributed by atoms with Crippen molar-refractivity contribution in [1.29, 1.82) is 0 Å². The van der Waals surface area contributed by atoms with Crippen molar-refractivity contribution in [1.82, 2.24) is 0 Å². The SMILES string of the molecule is Cc1cccc2c1N(C)C(=O)c1cscc1O2. The molecule has 17 heavy (non-hydrogen) atoms. The highest BCUT2D eigenvalue weighted by Gasteiger charge is 2.27. The number of aryl methyl sites for hydroxylation is 1. The monoisotopic (exact) mass is 245 g/mol. The second-order valence-electron chi connectivity index (χ2n) is 4.04. The summed E-state index contributed by atoms with van der Waals surface area (Å²) in [6.45, 7) is 1.98. The van der Waals surface area contributed by atoms with E-state index >= 15 is 0 Å². The molecule has 0 fully saturated rings. The quantitative estimate of drug-likeness (QED) is 0.711. The summed E-state index contributed by atoms with van der Waals surface area (Å²) in [6, 6.07) is 5.80. The van der Waals surface area contributed by atoms with Crippen LogP contribution in [-0.4, -0.2) is 13.0 Å². The highest BCUT2D eigenvalue weighted by molar-refractivity contribution is 7.08. The minimum atomic E-state index is -0.0192. The van der Waals surface area contributed by atoms with Gasteiger partial charge in [0.05, 0.1) is 11.3 Å². The van der Waals surface area contributed by atoms with Crippen LogP contribution in [0.1, 0.15) is 15.9 Å². The van der Waals surface area contributed by atoms with Gasteiger partial charge in [-0.05, 0) is 18.6 Å². The zero-order valence-electron chi connectivity index (χ0n) is 9.56. The van der Waals surface area contributed by atoms with Gasteiger partial charge >= 0.3 is 0 Å². The van der Waals surface area contributed by atoms with Crippen molar-refractivity contribution in [3.63, 3.8) is 0 Å². The molecule has 1 aromatic heterocycles. The van der Waals surface area contributed by atoms with Crippen LogP contribution in [0.2, 0.25) is 0 Å². The summed E-state index contributed by atoms with van der Waals surface area (Å²) in [4.78, 5) is 13.9. The van der Waals surface area contributed by atoms with Crippen molar-refractivity contribution in [3.05, 3.63) is 40.1 Å². The maximum absolute atomic E-state index is 12.3. The van der Waals surface area contributed by atoms with E-state index in [4.69, 9.17) is 4.74 Å². The fourth-order valence-electron chi connectivity index (χ4n) is 2.07.